The minimum absolute atomic E-state index is 0.136. The van der Waals surface area contributed by atoms with E-state index in [4.69, 9.17) is 9.47 Å². The van der Waals surface area contributed by atoms with Crippen molar-refractivity contribution in [1.82, 2.24) is 0 Å². The number of rotatable bonds is 4. The van der Waals surface area contributed by atoms with Gasteiger partial charge in [0.05, 0.1) is 14.2 Å². The second-order valence-corrected chi connectivity index (χ2v) is 5.73. The van der Waals surface area contributed by atoms with Crippen molar-refractivity contribution in [3.63, 3.8) is 0 Å². The van der Waals surface area contributed by atoms with Gasteiger partial charge in [-0.1, -0.05) is 32.0 Å². The number of ether oxygens (including phenoxy) is 2. The predicted molar refractivity (Wildman–Crippen MR) is 85.4 cm³/mol. The van der Waals surface area contributed by atoms with Gasteiger partial charge < -0.3 is 9.47 Å². The van der Waals surface area contributed by atoms with Gasteiger partial charge in [-0.25, -0.2) is 0 Å². The van der Waals surface area contributed by atoms with E-state index in [9.17, 15) is 0 Å². The van der Waals surface area contributed by atoms with E-state index in [1.165, 1.54) is 11.1 Å². The molecule has 2 aromatic carbocycles. The smallest absolute Gasteiger partial charge is 0.132 e. The molecule has 0 aliphatic heterocycles. The number of hydrogen-bond acceptors (Lipinski definition) is 3. The van der Waals surface area contributed by atoms with Gasteiger partial charge in [0.15, 0.2) is 0 Å². The van der Waals surface area contributed by atoms with Crippen LogP contribution >= 0.6 is 12.6 Å². The lowest BCUT2D eigenvalue weighted by atomic mass is 9.78. The highest BCUT2D eigenvalue weighted by Gasteiger charge is 2.24. The average molecular weight is 288 g/mol. The Morgan fingerprint density at radius 1 is 0.900 bits per heavy atom. The van der Waals surface area contributed by atoms with Gasteiger partial charge in [0, 0.05) is 10.3 Å². The van der Waals surface area contributed by atoms with Crippen LogP contribution in [0.15, 0.2) is 47.4 Å². The fourth-order valence-electron chi connectivity index (χ4n) is 2.24. The molecule has 0 amide bonds. The van der Waals surface area contributed by atoms with Gasteiger partial charge in [0.25, 0.3) is 0 Å². The van der Waals surface area contributed by atoms with Crippen molar-refractivity contribution in [3.05, 3.63) is 53.6 Å². The normalized spacial score (nSPS) is 11.2. The van der Waals surface area contributed by atoms with E-state index in [1.807, 2.05) is 24.3 Å². The lowest BCUT2D eigenvalue weighted by molar-refractivity contribution is 0.403. The number of hydrogen-bond donors (Lipinski definition) is 1. The number of benzene rings is 2. The van der Waals surface area contributed by atoms with Crippen LogP contribution in [0.25, 0.3) is 0 Å². The molecule has 3 heteroatoms. The van der Waals surface area contributed by atoms with E-state index in [1.54, 1.807) is 14.2 Å². The van der Waals surface area contributed by atoms with Gasteiger partial charge in [-0.05, 0) is 35.4 Å². The average Bonchev–Trinajstić information content (AvgIpc) is 2.47. The monoisotopic (exact) mass is 288 g/mol. The highest BCUT2D eigenvalue weighted by molar-refractivity contribution is 7.80. The predicted octanol–water partition coefficient (Wildman–Crippen LogP) is 4.32. The van der Waals surface area contributed by atoms with Gasteiger partial charge in [0.1, 0.15) is 11.5 Å². The van der Waals surface area contributed by atoms with Crippen molar-refractivity contribution in [3.8, 4) is 11.5 Å². The lowest BCUT2D eigenvalue weighted by Crippen LogP contribution is -2.19. The SMILES string of the molecule is COc1cccc(C(C)(C)c2ccc(S)c(OC)c2)c1. The van der Waals surface area contributed by atoms with Gasteiger partial charge in [-0.2, -0.15) is 0 Å². The van der Waals surface area contributed by atoms with E-state index < -0.39 is 0 Å². The van der Waals surface area contributed by atoms with Crippen LogP contribution in [-0.4, -0.2) is 14.2 Å². The molecule has 0 saturated heterocycles. The van der Waals surface area contributed by atoms with E-state index >= 15 is 0 Å². The Bertz CT molecular complexity index is 606. The quantitative estimate of drug-likeness (QED) is 0.845. The largest absolute Gasteiger partial charge is 0.497 e. The summed E-state index contributed by atoms with van der Waals surface area (Å²) in [6.45, 7) is 4.38. The Hall–Kier alpha value is -1.61. The fourth-order valence-corrected chi connectivity index (χ4v) is 2.48. The Balaban J connectivity index is 2.48. The van der Waals surface area contributed by atoms with E-state index in [-0.39, 0.29) is 5.41 Å². The molecule has 0 aliphatic carbocycles. The first kappa shape index (κ1) is 14.8. The van der Waals surface area contributed by atoms with Crippen LogP contribution in [0.4, 0.5) is 0 Å². The molecule has 2 aromatic rings. The summed E-state index contributed by atoms with van der Waals surface area (Å²) in [4.78, 5) is 0.845. The molecule has 0 aromatic heterocycles. The van der Waals surface area contributed by atoms with Crippen LogP contribution in [-0.2, 0) is 5.41 Å². The molecule has 0 atom stereocenters. The highest BCUT2D eigenvalue weighted by atomic mass is 32.1. The Morgan fingerprint density at radius 2 is 1.60 bits per heavy atom. The Morgan fingerprint density at radius 3 is 2.25 bits per heavy atom. The fraction of sp³-hybridized carbons (Fsp3) is 0.294. The summed E-state index contributed by atoms with van der Waals surface area (Å²) < 4.78 is 10.7. The number of thiol groups is 1. The summed E-state index contributed by atoms with van der Waals surface area (Å²) in [5.41, 5.74) is 2.25. The Kier molecular flexibility index (Phi) is 4.29. The Labute approximate surface area is 126 Å². The van der Waals surface area contributed by atoms with Crippen LogP contribution in [0.2, 0.25) is 0 Å². The molecule has 0 spiro atoms. The van der Waals surface area contributed by atoms with Gasteiger partial charge in [-0.3, -0.25) is 0 Å². The first-order valence-electron chi connectivity index (χ1n) is 6.51. The van der Waals surface area contributed by atoms with Crippen LogP contribution < -0.4 is 9.47 Å². The van der Waals surface area contributed by atoms with Crippen LogP contribution in [0.5, 0.6) is 11.5 Å². The summed E-state index contributed by atoms with van der Waals surface area (Å²) in [5.74, 6) is 1.66. The second kappa shape index (κ2) is 5.80. The molecular weight excluding hydrogens is 268 g/mol. The molecular formula is C17H20O2S. The molecule has 0 N–H and O–H groups in total. The third-order valence-electron chi connectivity index (χ3n) is 3.69. The molecule has 0 saturated carbocycles. The number of methoxy groups -OCH3 is 2. The topological polar surface area (TPSA) is 18.5 Å². The maximum Gasteiger partial charge on any atom is 0.132 e. The van der Waals surface area contributed by atoms with Crippen molar-refractivity contribution in [1.29, 1.82) is 0 Å². The van der Waals surface area contributed by atoms with Crippen LogP contribution in [0.1, 0.15) is 25.0 Å². The van der Waals surface area contributed by atoms with Gasteiger partial charge in [0.2, 0.25) is 0 Å². The van der Waals surface area contributed by atoms with Crippen molar-refractivity contribution in [2.24, 2.45) is 0 Å². The third-order valence-corrected chi connectivity index (χ3v) is 4.06. The zero-order valence-corrected chi connectivity index (χ0v) is 13.2. The van der Waals surface area contributed by atoms with Crippen molar-refractivity contribution in [2.75, 3.05) is 14.2 Å². The van der Waals surface area contributed by atoms with Crippen molar-refractivity contribution >= 4 is 12.6 Å². The summed E-state index contributed by atoms with van der Waals surface area (Å²) in [5, 5.41) is 0. The van der Waals surface area contributed by atoms with E-state index in [2.05, 4.69) is 44.7 Å². The van der Waals surface area contributed by atoms with Crippen molar-refractivity contribution < 1.29 is 9.47 Å². The highest BCUT2D eigenvalue weighted by Crippen LogP contribution is 2.36. The molecule has 0 fully saturated rings. The van der Waals surface area contributed by atoms with E-state index in [0.717, 1.165) is 16.4 Å². The minimum atomic E-state index is -0.136. The maximum atomic E-state index is 5.36. The molecule has 106 valence electrons. The third kappa shape index (κ3) is 2.78. The van der Waals surface area contributed by atoms with Gasteiger partial charge in [-0.15, -0.1) is 12.6 Å². The summed E-state index contributed by atoms with van der Waals surface area (Å²) in [7, 11) is 3.35. The zero-order valence-electron chi connectivity index (χ0n) is 12.3. The second-order valence-electron chi connectivity index (χ2n) is 5.24. The van der Waals surface area contributed by atoms with Crippen LogP contribution in [0, 0.1) is 0 Å². The molecule has 0 unspecified atom stereocenters. The molecule has 20 heavy (non-hydrogen) atoms. The first-order chi connectivity index (χ1) is 9.48. The van der Waals surface area contributed by atoms with E-state index in [0.29, 0.717) is 0 Å². The zero-order chi connectivity index (χ0) is 14.8. The summed E-state index contributed by atoms with van der Waals surface area (Å²) in [6, 6.07) is 14.3. The summed E-state index contributed by atoms with van der Waals surface area (Å²) >= 11 is 4.39. The molecule has 0 aliphatic rings. The first-order valence-corrected chi connectivity index (χ1v) is 6.95. The standard InChI is InChI=1S/C17H20O2S/c1-17(2,12-6-5-7-14(10-12)18-3)13-8-9-16(20)15(11-13)19-4/h5-11,20H,1-4H3. The van der Waals surface area contributed by atoms with Crippen molar-refractivity contribution in [2.45, 2.75) is 24.2 Å². The maximum absolute atomic E-state index is 5.36. The minimum Gasteiger partial charge on any atom is -0.497 e. The van der Waals surface area contributed by atoms with Gasteiger partial charge >= 0.3 is 0 Å². The molecule has 0 radical (unpaired) electrons. The molecule has 2 rings (SSSR count). The van der Waals surface area contributed by atoms with Crippen LogP contribution in [0.3, 0.4) is 0 Å². The molecule has 2 nitrogen and oxygen atoms in total. The molecule has 0 heterocycles. The molecule has 0 bridgehead atoms. The summed E-state index contributed by atoms with van der Waals surface area (Å²) in [6.07, 6.45) is 0. The lowest BCUT2D eigenvalue weighted by Gasteiger charge is -2.27.